The summed E-state index contributed by atoms with van der Waals surface area (Å²) in [6, 6.07) is 8.76. The number of anilines is 1. The van der Waals surface area contributed by atoms with E-state index in [-0.39, 0.29) is 43.5 Å². The van der Waals surface area contributed by atoms with E-state index in [0.29, 0.717) is 16.3 Å². The summed E-state index contributed by atoms with van der Waals surface area (Å²) < 4.78 is 0. The van der Waals surface area contributed by atoms with Gasteiger partial charge in [-0.1, -0.05) is 36.9 Å². The molecule has 4 rings (SSSR count). The van der Waals surface area contributed by atoms with Crippen molar-refractivity contribution in [3.63, 3.8) is 0 Å². The molecule has 0 radical (unpaired) electrons. The van der Waals surface area contributed by atoms with Crippen molar-refractivity contribution >= 4 is 35.0 Å². The average Bonchev–Trinajstić information content (AvgIpc) is 3.21. The first-order valence-corrected chi connectivity index (χ1v) is 11.4. The smallest absolute Gasteiger partial charge is 0.254 e. The zero-order valence-corrected chi connectivity index (χ0v) is 18.9. The van der Waals surface area contributed by atoms with Gasteiger partial charge in [0.15, 0.2) is 0 Å². The molecule has 2 heterocycles. The van der Waals surface area contributed by atoms with Gasteiger partial charge in [-0.3, -0.25) is 24.3 Å². The van der Waals surface area contributed by atoms with Crippen LogP contribution in [0, 0.1) is 6.92 Å². The molecule has 1 aliphatic heterocycles. The Morgan fingerprint density at radius 1 is 1.12 bits per heavy atom. The fourth-order valence-electron chi connectivity index (χ4n) is 4.48. The number of carbonyl (C=O) groups excluding carboxylic acids is 3. The highest BCUT2D eigenvalue weighted by Gasteiger charge is 2.35. The summed E-state index contributed by atoms with van der Waals surface area (Å²) >= 11 is 6.22. The lowest BCUT2D eigenvalue weighted by Gasteiger charge is -2.35. The van der Waals surface area contributed by atoms with Crippen molar-refractivity contribution in [3.8, 4) is 0 Å². The SMILES string of the molecule is Cc1c(Cl)cccc1N1CN(C(=O)CN(C(=O)c2ccncc2)C2CCCCC2)CC1=O. The molecule has 8 heteroatoms. The lowest BCUT2D eigenvalue weighted by atomic mass is 9.93. The fraction of sp³-hybridized carbons (Fsp3) is 0.417. The summed E-state index contributed by atoms with van der Waals surface area (Å²) in [5, 5.41) is 0.575. The number of pyridine rings is 1. The highest BCUT2D eigenvalue weighted by Crippen LogP contribution is 2.29. The number of carbonyl (C=O) groups is 3. The maximum absolute atomic E-state index is 13.3. The number of aromatic nitrogens is 1. The molecule has 0 atom stereocenters. The minimum absolute atomic E-state index is 0.00720. The highest BCUT2D eigenvalue weighted by molar-refractivity contribution is 6.31. The molecule has 1 saturated heterocycles. The molecule has 7 nitrogen and oxygen atoms in total. The Morgan fingerprint density at radius 3 is 2.56 bits per heavy atom. The summed E-state index contributed by atoms with van der Waals surface area (Å²) in [6.07, 6.45) is 8.17. The number of hydrogen-bond acceptors (Lipinski definition) is 4. The number of halogens is 1. The second-order valence-corrected chi connectivity index (χ2v) is 8.81. The van der Waals surface area contributed by atoms with Gasteiger partial charge < -0.3 is 9.80 Å². The zero-order chi connectivity index (χ0) is 22.7. The van der Waals surface area contributed by atoms with Gasteiger partial charge in [0.2, 0.25) is 11.8 Å². The van der Waals surface area contributed by atoms with Crippen LogP contribution < -0.4 is 4.90 Å². The lowest BCUT2D eigenvalue weighted by molar-refractivity contribution is -0.132. The Hall–Kier alpha value is -2.93. The minimum atomic E-state index is -0.228. The Bertz CT molecular complexity index is 1010. The fourth-order valence-corrected chi connectivity index (χ4v) is 4.65. The standard InChI is InChI=1S/C24H27ClN4O3/c1-17-20(25)8-5-9-21(17)29-16-27(14-23(29)31)22(30)15-28(19-6-3-2-4-7-19)24(32)18-10-12-26-13-11-18/h5,8-13,19H,2-4,6-7,14-16H2,1H3. The average molecular weight is 455 g/mol. The van der Waals surface area contributed by atoms with Gasteiger partial charge in [-0.15, -0.1) is 0 Å². The summed E-state index contributed by atoms with van der Waals surface area (Å²) in [4.78, 5) is 47.9. The molecular weight excluding hydrogens is 428 g/mol. The normalized spacial score (nSPS) is 17.0. The van der Waals surface area contributed by atoms with E-state index in [0.717, 1.165) is 37.7 Å². The van der Waals surface area contributed by atoms with Gasteiger partial charge in [0.1, 0.15) is 19.8 Å². The Morgan fingerprint density at radius 2 is 1.84 bits per heavy atom. The molecule has 1 aliphatic carbocycles. The van der Waals surface area contributed by atoms with Gasteiger partial charge in [0, 0.05) is 34.7 Å². The van der Waals surface area contributed by atoms with E-state index in [1.54, 1.807) is 46.5 Å². The Kier molecular flexibility index (Phi) is 6.74. The third-order valence-corrected chi connectivity index (χ3v) is 6.74. The molecule has 2 fully saturated rings. The van der Waals surface area contributed by atoms with Gasteiger partial charge in [-0.2, -0.15) is 0 Å². The van der Waals surface area contributed by atoms with Crippen molar-refractivity contribution in [1.82, 2.24) is 14.8 Å². The maximum Gasteiger partial charge on any atom is 0.254 e. The van der Waals surface area contributed by atoms with Crippen molar-refractivity contribution in [2.45, 2.75) is 45.1 Å². The van der Waals surface area contributed by atoms with Crippen LogP contribution >= 0.6 is 11.6 Å². The minimum Gasteiger partial charge on any atom is -0.326 e. The van der Waals surface area contributed by atoms with Crippen LogP contribution in [0.2, 0.25) is 5.02 Å². The van der Waals surface area contributed by atoms with Crippen LogP contribution in [-0.4, -0.2) is 58.3 Å². The van der Waals surface area contributed by atoms with E-state index in [9.17, 15) is 14.4 Å². The van der Waals surface area contributed by atoms with E-state index in [2.05, 4.69) is 4.98 Å². The topological polar surface area (TPSA) is 73.8 Å². The molecule has 1 aromatic carbocycles. The number of rotatable bonds is 5. The largest absolute Gasteiger partial charge is 0.326 e. The summed E-state index contributed by atoms with van der Waals surface area (Å²) in [7, 11) is 0. The van der Waals surface area contributed by atoms with E-state index in [1.165, 1.54) is 4.90 Å². The summed E-state index contributed by atoms with van der Waals surface area (Å²) in [6.45, 7) is 1.96. The first-order valence-electron chi connectivity index (χ1n) is 11.0. The van der Waals surface area contributed by atoms with Crippen LogP contribution in [0.1, 0.15) is 48.0 Å². The van der Waals surface area contributed by atoms with Crippen LogP contribution in [0.4, 0.5) is 5.69 Å². The van der Waals surface area contributed by atoms with Crippen LogP contribution in [0.15, 0.2) is 42.7 Å². The molecule has 1 aromatic heterocycles. The monoisotopic (exact) mass is 454 g/mol. The van der Waals surface area contributed by atoms with Gasteiger partial charge >= 0.3 is 0 Å². The second kappa shape index (κ2) is 9.69. The van der Waals surface area contributed by atoms with E-state index >= 15 is 0 Å². The van der Waals surface area contributed by atoms with Gasteiger partial charge in [0.05, 0.1) is 0 Å². The number of hydrogen-bond donors (Lipinski definition) is 0. The predicted octanol–water partition coefficient (Wildman–Crippen LogP) is 3.65. The molecular formula is C24H27ClN4O3. The van der Waals surface area contributed by atoms with Crippen molar-refractivity contribution < 1.29 is 14.4 Å². The molecule has 1 saturated carbocycles. The predicted molar refractivity (Wildman–Crippen MR) is 122 cm³/mol. The first kappa shape index (κ1) is 22.3. The lowest BCUT2D eigenvalue weighted by Crippen LogP contribution is -2.48. The van der Waals surface area contributed by atoms with E-state index in [4.69, 9.17) is 11.6 Å². The Balaban J connectivity index is 1.51. The Labute approximate surface area is 193 Å². The summed E-state index contributed by atoms with van der Waals surface area (Å²) in [5.74, 6) is -0.553. The molecule has 0 unspecified atom stereocenters. The third kappa shape index (κ3) is 4.63. The van der Waals surface area contributed by atoms with Gasteiger partial charge in [0.25, 0.3) is 5.91 Å². The molecule has 32 heavy (non-hydrogen) atoms. The molecule has 3 amide bonds. The number of amides is 3. The molecule has 0 spiro atoms. The van der Waals surface area contributed by atoms with Gasteiger partial charge in [-0.25, -0.2) is 0 Å². The van der Waals surface area contributed by atoms with Crippen LogP contribution in [0.3, 0.4) is 0 Å². The maximum atomic E-state index is 13.3. The molecule has 2 aliphatic rings. The van der Waals surface area contributed by atoms with Crippen molar-refractivity contribution in [3.05, 3.63) is 58.9 Å². The van der Waals surface area contributed by atoms with Crippen LogP contribution in [0.25, 0.3) is 0 Å². The van der Waals surface area contributed by atoms with Gasteiger partial charge in [-0.05, 0) is 49.6 Å². The summed E-state index contributed by atoms with van der Waals surface area (Å²) in [5.41, 5.74) is 2.02. The van der Waals surface area contributed by atoms with Crippen LogP contribution in [0.5, 0.6) is 0 Å². The second-order valence-electron chi connectivity index (χ2n) is 8.40. The molecule has 0 bridgehead atoms. The quantitative estimate of drug-likeness (QED) is 0.691. The van der Waals surface area contributed by atoms with Crippen LogP contribution in [-0.2, 0) is 9.59 Å². The third-order valence-electron chi connectivity index (χ3n) is 6.33. The van der Waals surface area contributed by atoms with Crippen molar-refractivity contribution in [2.24, 2.45) is 0 Å². The highest BCUT2D eigenvalue weighted by atomic mass is 35.5. The van der Waals surface area contributed by atoms with E-state index < -0.39 is 0 Å². The molecule has 2 aromatic rings. The van der Waals surface area contributed by atoms with Crippen molar-refractivity contribution in [2.75, 3.05) is 24.7 Å². The molecule has 168 valence electrons. The number of benzene rings is 1. The number of nitrogens with zero attached hydrogens (tertiary/aromatic N) is 4. The molecule has 0 N–H and O–H groups in total. The first-order chi connectivity index (χ1) is 15.5. The van der Waals surface area contributed by atoms with E-state index in [1.807, 2.05) is 13.0 Å². The van der Waals surface area contributed by atoms with Crippen molar-refractivity contribution in [1.29, 1.82) is 0 Å². The zero-order valence-electron chi connectivity index (χ0n) is 18.2.